The molecule has 9 heteroatoms. The average Bonchev–Trinajstić information content (AvgIpc) is 2.63. The lowest BCUT2D eigenvalue weighted by Crippen LogP contribution is -2.36. The second kappa shape index (κ2) is 7.69. The van der Waals surface area contributed by atoms with Gasteiger partial charge in [0.1, 0.15) is 24.6 Å². The lowest BCUT2D eigenvalue weighted by atomic mass is 10.2. The molecule has 0 saturated heterocycles. The molecule has 3 N–H and O–H groups in total. The van der Waals surface area contributed by atoms with Gasteiger partial charge in [0, 0.05) is 11.4 Å². The average molecular weight is 377 g/mol. The second-order valence-corrected chi connectivity index (χ2v) is 6.74. The van der Waals surface area contributed by atoms with E-state index < -0.39 is 17.0 Å². The van der Waals surface area contributed by atoms with Crippen LogP contribution in [0.4, 0.5) is 5.82 Å². The van der Waals surface area contributed by atoms with E-state index in [9.17, 15) is 14.4 Å². The fraction of sp³-hybridized carbons (Fsp3) is 0.353. The van der Waals surface area contributed by atoms with Crippen molar-refractivity contribution in [2.24, 2.45) is 0 Å². The van der Waals surface area contributed by atoms with Crippen molar-refractivity contribution in [1.29, 1.82) is 0 Å². The Bertz CT molecular complexity index is 950. The van der Waals surface area contributed by atoms with Crippen molar-refractivity contribution < 1.29 is 14.3 Å². The van der Waals surface area contributed by atoms with Crippen LogP contribution in [0, 0.1) is 0 Å². The number of aromatic nitrogens is 2. The summed E-state index contributed by atoms with van der Waals surface area (Å²) >= 11 is 1.26. The van der Waals surface area contributed by atoms with Crippen molar-refractivity contribution in [3.05, 3.63) is 44.6 Å². The third-order valence-corrected chi connectivity index (χ3v) is 4.84. The minimum Gasteiger partial charge on any atom is -0.486 e. The summed E-state index contributed by atoms with van der Waals surface area (Å²) in [6.07, 6.45) is 0.649. The van der Waals surface area contributed by atoms with Crippen LogP contribution < -0.4 is 26.5 Å². The SMILES string of the molecule is CCCn1c(N)c(C(=O)CSc2ccc3c(c2)OCCO3)c(=O)[nH]c1=O. The molecule has 3 rings (SSSR count). The van der Waals surface area contributed by atoms with Gasteiger partial charge in [-0.05, 0) is 24.6 Å². The molecule has 1 aromatic carbocycles. The van der Waals surface area contributed by atoms with Crippen LogP contribution in [-0.4, -0.2) is 34.3 Å². The van der Waals surface area contributed by atoms with Crippen LogP contribution in [0.5, 0.6) is 11.5 Å². The van der Waals surface area contributed by atoms with E-state index >= 15 is 0 Å². The highest BCUT2D eigenvalue weighted by Crippen LogP contribution is 2.34. The lowest BCUT2D eigenvalue weighted by Gasteiger charge is -2.18. The van der Waals surface area contributed by atoms with Gasteiger partial charge >= 0.3 is 5.69 Å². The number of carbonyl (C=O) groups excluding carboxylic acids is 1. The minimum atomic E-state index is -0.757. The maximum atomic E-state index is 12.5. The Morgan fingerprint density at radius 3 is 2.73 bits per heavy atom. The largest absolute Gasteiger partial charge is 0.486 e. The number of nitrogens with one attached hydrogen (secondary N) is 1. The summed E-state index contributed by atoms with van der Waals surface area (Å²) in [6.45, 7) is 3.19. The smallest absolute Gasteiger partial charge is 0.329 e. The van der Waals surface area contributed by atoms with E-state index in [-0.39, 0.29) is 17.1 Å². The number of fused-ring (bicyclic) bond motifs is 1. The van der Waals surface area contributed by atoms with Gasteiger partial charge in [-0.3, -0.25) is 19.1 Å². The highest BCUT2D eigenvalue weighted by molar-refractivity contribution is 8.00. The van der Waals surface area contributed by atoms with E-state index in [2.05, 4.69) is 4.98 Å². The van der Waals surface area contributed by atoms with Crippen molar-refractivity contribution >= 4 is 23.4 Å². The topological polar surface area (TPSA) is 116 Å². The van der Waals surface area contributed by atoms with Gasteiger partial charge in [-0.15, -0.1) is 11.8 Å². The molecule has 8 nitrogen and oxygen atoms in total. The first kappa shape index (κ1) is 18.1. The highest BCUT2D eigenvalue weighted by atomic mass is 32.2. The molecule has 0 aliphatic carbocycles. The fourth-order valence-electron chi connectivity index (χ4n) is 2.64. The number of H-pyrrole nitrogens is 1. The first-order valence-electron chi connectivity index (χ1n) is 8.19. The number of thioether (sulfide) groups is 1. The number of hydrogen-bond donors (Lipinski definition) is 2. The second-order valence-electron chi connectivity index (χ2n) is 5.69. The van der Waals surface area contributed by atoms with E-state index in [1.165, 1.54) is 16.3 Å². The van der Waals surface area contributed by atoms with Crippen LogP contribution in [0.3, 0.4) is 0 Å². The molecule has 1 aromatic heterocycles. The summed E-state index contributed by atoms with van der Waals surface area (Å²) < 4.78 is 12.2. The number of hydrogen-bond acceptors (Lipinski definition) is 7. The fourth-order valence-corrected chi connectivity index (χ4v) is 3.43. The molecule has 2 heterocycles. The predicted molar refractivity (Wildman–Crippen MR) is 98.5 cm³/mol. The molecule has 138 valence electrons. The molecule has 0 amide bonds. The van der Waals surface area contributed by atoms with Gasteiger partial charge in [-0.25, -0.2) is 4.79 Å². The molecule has 0 atom stereocenters. The first-order valence-corrected chi connectivity index (χ1v) is 9.18. The predicted octanol–water partition coefficient (Wildman–Crippen LogP) is 1.27. The molecular weight excluding hydrogens is 358 g/mol. The zero-order chi connectivity index (χ0) is 18.7. The van der Waals surface area contributed by atoms with Crippen LogP contribution >= 0.6 is 11.8 Å². The summed E-state index contributed by atoms with van der Waals surface area (Å²) in [5, 5.41) is 0. The minimum absolute atomic E-state index is 0.0112. The summed E-state index contributed by atoms with van der Waals surface area (Å²) in [6, 6.07) is 5.39. The van der Waals surface area contributed by atoms with Crippen LogP contribution in [0.1, 0.15) is 23.7 Å². The molecule has 0 unspecified atom stereocenters. The van der Waals surface area contributed by atoms with Gasteiger partial charge in [0.15, 0.2) is 17.3 Å². The van der Waals surface area contributed by atoms with Crippen LogP contribution in [0.2, 0.25) is 0 Å². The Balaban J connectivity index is 1.79. The Hall–Kier alpha value is -2.68. The molecular formula is C17H19N3O5S. The van der Waals surface area contributed by atoms with Gasteiger partial charge in [0.2, 0.25) is 0 Å². The molecule has 0 radical (unpaired) electrons. The summed E-state index contributed by atoms with van der Waals surface area (Å²) in [5.41, 5.74) is 4.37. The van der Waals surface area contributed by atoms with Crippen molar-refractivity contribution in [2.45, 2.75) is 24.8 Å². The summed E-state index contributed by atoms with van der Waals surface area (Å²) in [4.78, 5) is 39.4. The number of rotatable bonds is 6. The summed E-state index contributed by atoms with van der Waals surface area (Å²) in [7, 11) is 0. The molecule has 1 aliphatic heterocycles. The van der Waals surface area contributed by atoms with Gasteiger partial charge < -0.3 is 15.2 Å². The molecule has 0 fully saturated rings. The standard InChI is InChI=1S/C17H19N3O5S/c1-2-5-20-15(18)14(16(22)19-17(20)23)11(21)9-26-10-3-4-12-13(8-10)25-7-6-24-12/h3-4,8H,2,5-7,9,18H2,1H3,(H,19,22,23). The lowest BCUT2D eigenvalue weighted by molar-refractivity contribution is 0.102. The number of nitrogens with two attached hydrogens (primary N) is 1. The molecule has 0 bridgehead atoms. The number of carbonyl (C=O) groups is 1. The Kier molecular flexibility index (Phi) is 5.36. The zero-order valence-corrected chi connectivity index (χ0v) is 15.1. The van der Waals surface area contributed by atoms with Crippen LogP contribution in [-0.2, 0) is 6.54 Å². The monoisotopic (exact) mass is 377 g/mol. The molecule has 1 aliphatic rings. The van der Waals surface area contributed by atoms with E-state index in [1.807, 2.05) is 13.0 Å². The van der Waals surface area contributed by atoms with Gasteiger partial charge in [0.25, 0.3) is 5.56 Å². The van der Waals surface area contributed by atoms with Crippen LogP contribution in [0.15, 0.2) is 32.7 Å². The molecule has 2 aromatic rings. The number of ether oxygens (including phenoxy) is 2. The van der Waals surface area contributed by atoms with E-state index in [0.717, 1.165) is 4.90 Å². The van der Waals surface area contributed by atoms with Crippen molar-refractivity contribution in [1.82, 2.24) is 9.55 Å². The maximum Gasteiger partial charge on any atom is 0.329 e. The Morgan fingerprint density at radius 2 is 2.00 bits per heavy atom. The van der Waals surface area contributed by atoms with Crippen molar-refractivity contribution in [3.63, 3.8) is 0 Å². The summed E-state index contributed by atoms with van der Waals surface area (Å²) in [5.74, 6) is 0.778. The normalized spacial score (nSPS) is 12.8. The molecule has 0 saturated carbocycles. The van der Waals surface area contributed by atoms with Gasteiger partial charge in [-0.1, -0.05) is 6.92 Å². The number of anilines is 1. The number of Topliss-reactive ketones (excluding diaryl/α,β-unsaturated/α-hetero) is 1. The van der Waals surface area contributed by atoms with Gasteiger partial charge in [-0.2, -0.15) is 0 Å². The third kappa shape index (κ3) is 3.62. The van der Waals surface area contributed by atoms with Crippen LogP contribution in [0.25, 0.3) is 0 Å². The number of ketones is 1. The Labute approximate surface area is 153 Å². The molecule has 0 spiro atoms. The number of nitrogen functional groups attached to an aromatic ring is 1. The molecule has 26 heavy (non-hydrogen) atoms. The van der Waals surface area contributed by atoms with E-state index in [4.69, 9.17) is 15.2 Å². The number of aromatic amines is 1. The maximum absolute atomic E-state index is 12.5. The van der Waals surface area contributed by atoms with Gasteiger partial charge in [0.05, 0.1) is 5.75 Å². The first-order chi connectivity index (χ1) is 12.5. The number of nitrogens with zero attached hydrogens (tertiary/aromatic N) is 1. The van der Waals surface area contributed by atoms with Crippen molar-refractivity contribution in [3.8, 4) is 11.5 Å². The van der Waals surface area contributed by atoms with Crippen molar-refractivity contribution in [2.75, 3.05) is 24.7 Å². The highest BCUT2D eigenvalue weighted by Gasteiger charge is 2.20. The number of benzene rings is 1. The van der Waals surface area contributed by atoms with E-state index in [1.54, 1.807) is 12.1 Å². The third-order valence-electron chi connectivity index (χ3n) is 3.85. The zero-order valence-electron chi connectivity index (χ0n) is 14.2. The van der Waals surface area contributed by atoms with E-state index in [0.29, 0.717) is 37.7 Å². The quantitative estimate of drug-likeness (QED) is 0.575. The Morgan fingerprint density at radius 1 is 1.27 bits per heavy atom.